The maximum atomic E-state index is 11.6. The largest absolute Gasteiger partial charge is 0.506 e. The predicted octanol–water partition coefficient (Wildman–Crippen LogP) is 1.11. The highest BCUT2D eigenvalue weighted by atomic mass is 32.2. The Kier molecular flexibility index (Phi) is 2.77. The summed E-state index contributed by atoms with van der Waals surface area (Å²) < 4.78 is 27.9. The second kappa shape index (κ2) is 3.95. The van der Waals surface area contributed by atoms with Crippen LogP contribution in [0.1, 0.15) is 18.4 Å². The van der Waals surface area contributed by atoms with Crippen molar-refractivity contribution in [3.8, 4) is 5.75 Å². The zero-order chi connectivity index (χ0) is 11.8. The van der Waals surface area contributed by atoms with Crippen molar-refractivity contribution in [2.75, 3.05) is 4.72 Å². The summed E-state index contributed by atoms with van der Waals surface area (Å²) in [6.07, 6.45) is 1.75. The lowest BCUT2D eigenvalue weighted by atomic mass is 10.2. The van der Waals surface area contributed by atoms with Crippen molar-refractivity contribution >= 4 is 15.9 Å². The Morgan fingerprint density at radius 2 is 2.06 bits per heavy atom. The molecule has 0 aromatic heterocycles. The van der Waals surface area contributed by atoms with Gasteiger partial charge in [0, 0.05) is 6.04 Å². The summed E-state index contributed by atoms with van der Waals surface area (Å²) in [7, 11) is -3.57. The van der Waals surface area contributed by atoms with Gasteiger partial charge in [0.1, 0.15) is 5.75 Å². The molecule has 0 radical (unpaired) electrons. The minimum Gasteiger partial charge on any atom is -0.506 e. The van der Waals surface area contributed by atoms with Crippen LogP contribution in [0.15, 0.2) is 18.2 Å². The average molecular weight is 242 g/mol. The number of aromatic hydroxyl groups is 1. The number of phenolic OH excluding ortho intramolecular Hbond substituents is 1. The highest BCUT2D eigenvalue weighted by Gasteiger charge is 2.27. The van der Waals surface area contributed by atoms with Crippen molar-refractivity contribution in [1.29, 1.82) is 0 Å². The molecule has 88 valence electrons. The molecule has 16 heavy (non-hydrogen) atoms. The fourth-order valence-corrected chi connectivity index (χ4v) is 2.51. The standard InChI is InChI=1S/C10H14N2O3S/c1-7-2-5-10(13)9(6-7)12-16(14,15)11-8-3-4-8/h2,5-6,8,11-13H,3-4H2,1H3. The first kappa shape index (κ1) is 11.2. The first-order valence-corrected chi connectivity index (χ1v) is 6.54. The van der Waals surface area contributed by atoms with E-state index in [4.69, 9.17) is 0 Å². The molecule has 6 heteroatoms. The highest BCUT2D eigenvalue weighted by Crippen LogP contribution is 2.26. The van der Waals surface area contributed by atoms with Gasteiger partial charge in [-0.1, -0.05) is 6.07 Å². The lowest BCUT2D eigenvalue weighted by Crippen LogP contribution is -2.31. The summed E-state index contributed by atoms with van der Waals surface area (Å²) in [5.74, 6) is -0.0771. The molecule has 2 rings (SSSR count). The molecule has 1 saturated carbocycles. The first-order valence-electron chi connectivity index (χ1n) is 5.06. The van der Waals surface area contributed by atoms with Crippen molar-refractivity contribution in [2.24, 2.45) is 0 Å². The quantitative estimate of drug-likeness (QED) is 0.692. The van der Waals surface area contributed by atoms with Gasteiger partial charge in [-0.25, -0.2) is 0 Å². The van der Waals surface area contributed by atoms with Gasteiger partial charge in [-0.3, -0.25) is 4.72 Å². The first-order chi connectivity index (χ1) is 7.46. The average Bonchev–Trinajstić information content (AvgIpc) is 2.94. The number of phenols is 1. The minimum absolute atomic E-state index is 0.0458. The van der Waals surface area contributed by atoms with Gasteiger partial charge < -0.3 is 5.11 Å². The second-order valence-corrected chi connectivity index (χ2v) is 5.46. The van der Waals surface area contributed by atoms with E-state index in [0.29, 0.717) is 0 Å². The van der Waals surface area contributed by atoms with Crippen LogP contribution in [0.4, 0.5) is 5.69 Å². The Hall–Kier alpha value is -1.27. The summed E-state index contributed by atoms with van der Waals surface area (Å²) in [4.78, 5) is 0. The molecular weight excluding hydrogens is 228 g/mol. The molecule has 1 aliphatic rings. The Morgan fingerprint density at radius 1 is 1.38 bits per heavy atom. The monoisotopic (exact) mass is 242 g/mol. The summed E-state index contributed by atoms with van der Waals surface area (Å²) in [6, 6.07) is 4.80. The van der Waals surface area contributed by atoms with Crippen molar-refractivity contribution in [3.63, 3.8) is 0 Å². The van der Waals surface area contributed by atoms with Crippen molar-refractivity contribution in [1.82, 2.24) is 4.72 Å². The van der Waals surface area contributed by atoms with Crippen LogP contribution in [0.5, 0.6) is 5.75 Å². The zero-order valence-electron chi connectivity index (χ0n) is 8.90. The SMILES string of the molecule is Cc1ccc(O)c(NS(=O)(=O)NC2CC2)c1. The molecular formula is C10H14N2O3S. The number of nitrogens with one attached hydrogen (secondary N) is 2. The van der Waals surface area contributed by atoms with E-state index in [-0.39, 0.29) is 17.5 Å². The van der Waals surface area contributed by atoms with Gasteiger partial charge in [0.25, 0.3) is 10.2 Å². The van der Waals surface area contributed by atoms with Crippen molar-refractivity contribution in [3.05, 3.63) is 23.8 Å². The lowest BCUT2D eigenvalue weighted by molar-refractivity contribution is 0.477. The predicted molar refractivity (Wildman–Crippen MR) is 61.5 cm³/mol. The van der Waals surface area contributed by atoms with E-state index in [1.54, 1.807) is 12.1 Å². The van der Waals surface area contributed by atoms with Gasteiger partial charge in [-0.15, -0.1) is 0 Å². The van der Waals surface area contributed by atoms with E-state index >= 15 is 0 Å². The second-order valence-electron chi connectivity index (χ2n) is 4.02. The van der Waals surface area contributed by atoms with E-state index in [2.05, 4.69) is 9.44 Å². The maximum absolute atomic E-state index is 11.6. The molecule has 0 amide bonds. The Balaban J connectivity index is 2.15. The third-order valence-corrected chi connectivity index (χ3v) is 3.43. The fourth-order valence-electron chi connectivity index (χ4n) is 1.33. The Morgan fingerprint density at radius 3 is 2.69 bits per heavy atom. The van der Waals surface area contributed by atoms with Crippen LogP contribution < -0.4 is 9.44 Å². The minimum atomic E-state index is -3.57. The molecule has 0 spiro atoms. The Bertz CT molecular complexity index is 495. The molecule has 1 aromatic rings. The van der Waals surface area contributed by atoms with Crippen LogP contribution in [0.3, 0.4) is 0 Å². The number of benzene rings is 1. The van der Waals surface area contributed by atoms with Crippen molar-refractivity contribution < 1.29 is 13.5 Å². The highest BCUT2D eigenvalue weighted by molar-refractivity contribution is 7.90. The number of rotatable bonds is 4. The molecule has 1 aliphatic carbocycles. The summed E-state index contributed by atoms with van der Waals surface area (Å²) in [5.41, 5.74) is 1.08. The molecule has 1 aromatic carbocycles. The number of hydrogen-bond acceptors (Lipinski definition) is 3. The van der Waals surface area contributed by atoms with E-state index in [9.17, 15) is 13.5 Å². The smallest absolute Gasteiger partial charge is 0.299 e. The van der Waals surface area contributed by atoms with Gasteiger partial charge >= 0.3 is 0 Å². The van der Waals surface area contributed by atoms with Crippen LogP contribution in [-0.2, 0) is 10.2 Å². The van der Waals surface area contributed by atoms with Gasteiger partial charge in [0.2, 0.25) is 0 Å². The number of aryl methyl sites for hydroxylation is 1. The molecule has 0 aliphatic heterocycles. The summed E-state index contributed by atoms with van der Waals surface area (Å²) in [5, 5.41) is 9.49. The van der Waals surface area contributed by atoms with E-state index in [0.717, 1.165) is 18.4 Å². The molecule has 0 bridgehead atoms. The van der Waals surface area contributed by atoms with Crippen LogP contribution in [0, 0.1) is 6.92 Å². The Labute approximate surface area is 94.7 Å². The third kappa shape index (κ3) is 2.86. The van der Waals surface area contributed by atoms with Crippen LogP contribution in [0.25, 0.3) is 0 Å². The van der Waals surface area contributed by atoms with Gasteiger partial charge in [-0.05, 0) is 37.5 Å². The molecule has 3 N–H and O–H groups in total. The summed E-state index contributed by atoms with van der Waals surface area (Å²) in [6.45, 7) is 1.82. The lowest BCUT2D eigenvalue weighted by Gasteiger charge is -2.10. The third-order valence-electron chi connectivity index (χ3n) is 2.30. The topological polar surface area (TPSA) is 78.4 Å². The van der Waals surface area contributed by atoms with E-state index in [1.165, 1.54) is 6.07 Å². The molecule has 0 atom stereocenters. The summed E-state index contributed by atoms with van der Waals surface area (Å²) >= 11 is 0. The number of anilines is 1. The fraction of sp³-hybridized carbons (Fsp3) is 0.400. The molecule has 0 heterocycles. The number of hydrogen-bond donors (Lipinski definition) is 3. The van der Waals surface area contributed by atoms with Crippen molar-refractivity contribution in [2.45, 2.75) is 25.8 Å². The molecule has 0 saturated heterocycles. The molecule has 5 nitrogen and oxygen atoms in total. The van der Waals surface area contributed by atoms with Crippen LogP contribution in [0.2, 0.25) is 0 Å². The van der Waals surface area contributed by atoms with Gasteiger partial charge in [0.05, 0.1) is 5.69 Å². The molecule has 0 unspecified atom stereocenters. The van der Waals surface area contributed by atoms with E-state index in [1.807, 2.05) is 6.92 Å². The normalized spacial score (nSPS) is 16.1. The zero-order valence-corrected chi connectivity index (χ0v) is 9.71. The van der Waals surface area contributed by atoms with Gasteiger partial charge in [0.15, 0.2) is 0 Å². The van der Waals surface area contributed by atoms with E-state index < -0.39 is 10.2 Å². The van der Waals surface area contributed by atoms with Crippen LogP contribution >= 0.6 is 0 Å². The van der Waals surface area contributed by atoms with Gasteiger partial charge in [-0.2, -0.15) is 13.1 Å². The van der Waals surface area contributed by atoms with Crippen LogP contribution in [-0.4, -0.2) is 19.6 Å². The maximum Gasteiger partial charge on any atom is 0.299 e. The molecule has 1 fully saturated rings.